The summed E-state index contributed by atoms with van der Waals surface area (Å²) in [7, 11) is 2.87. The van der Waals surface area contributed by atoms with Crippen molar-refractivity contribution in [3.8, 4) is 17.2 Å². The Labute approximate surface area is 197 Å². The van der Waals surface area contributed by atoms with Crippen molar-refractivity contribution in [2.24, 2.45) is 0 Å². The summed E-state index contributed by atoms with van der Waals surface area (Å²) in [5, 5.41) is 0. The number of fused-ring (bicyclic) bond motifs is 1. The van der Waals surface area contributed by atoms with Crippen LogP contribution in [0.5, 0.6) is 17.2 Å². The van der Waals surface area contributed by atoms with Crippen LogP contribution in [0.2, 0.25) is 0 Å². The van der Waals surface area contributed by atoms with Gasteiger partial charge in [0.15, 0.2) is 11.5 Å². The van der Waals surface area contributed by atoms with E-state index in [4.69, 9.17) is 18.9 Å². The van der Waals surface area contributed by atoms with Crippen LogP contribution in [0.1, 0.15) is 42.2 Å². The van der Waals surface area contributed by atoms with Crippen molar-refractivity contribution < 1.29 is 33.3 Å². The van der Waals surface area contributed by atoms with E-state index < -0.39 is 17.5 Å². The van der Waals surface area contributed by atoms with E-state index >= 15 is 0 Å². The van der Waals surface area contributed by atoms with Crippen LogP contribution in [0.3, 0.4) is 0 Å². The fourth-order valence-corrected chi connectivity index (χ4v) is 3.75. The molecule has 0 saturated heterocycles. The Kier molecular flexibility index (Phi) is 6.92. The Balaban J connectivity index is 1.60. The Morgan fingerprint density at radius 3 is 2.00 bits per heavy atom. The van der Waals surface area contributed by atoms with E-state index in [1.807, 2.05) is 12.1 Å². The molecule has 0 amide bonds. The number of carbonyl (C=O) groups excluding carboxylic acids is 3. The first-order chi connectivity index (χ1) is 16.5. The molecule has 1 heterocycles. The summed E-state index contributed by atoms with van der Waals surface area (Å²) in [6.45, 7) is 0.790. The zero-order valence-corrected chi connectivity index (χ0v) is 19.0. The van der Waals surface area contributed by atoms with Crippen molar-refractivity contribution in [1.29, 1.82) is 0 Å². The monoisotopic (exact) mass is 460 g/mol. The second kappa shape index (κ2) is 10.2. The molecule has 3 aromatic rings. The minimum atomic E-state index is -0.613. The topological polar surface area (TPSA) is 88.1 Å². The number of Topliss-reactive ketones (excluding diaryl/α,β-unsaturated/α-hetero) is 2. The van der Waals surface area contributed by atoms with E-state index in [2.05, 4.69) is 0 Å². The van der Waals surface area contributed by atoms with Gasteiger partial charge < -0.3 is 18.9 Å². The predicted molar refractivity (Wildman–Crippen MR) is 124 cm³/mol. The van der Waals surface area contributed by atoms with Gasteiger partial charge in [-0.2, -0.15) is 0 Å². The highest BCUT2D eigenvalue weighted by molar-refractivity contribution is 6.49. The maximum atomic E-state index is 13.2. The number of rotatable bonds is 8. The maximum Gasteiger partial charge on any atom is 0.337 e. The molecular formula is C27H24O7. The average Bonchev–Trinajstić information content (AvgIpc) is 2.90. The number of ketones is 2. The van der Waals surface area contributed by atoms with Crippen LogP contribution in [-0.4, -0.2) is 45.0 Å². The Bertz CT molecular complexity index is 1210. The van der Waals surface area contributed by atoms with Crippen LogP contribution in [0.25, 0.3) is 0 Å². The van der Waals surface area contributed by atoms with E-state index in [0.29, 0.717) is 54.4 Å². The van der Waals surface area contributed by atoms with Crippen molar-refractivity contribution in [3.05, 3.63) is 88.5 Å². The molecule has 1 aliphatic rings. The van der Waals surface area contributed by atoms with Crippen LogP contribution in [0, 0.1) is 0 Å². The molecule has 0 atom stereocenters. The second-order valence-electron chi connectivity index (χ2n) is 7.73. The summed E-state index contributed by atoms with van der Waals surface area (Å²) in [6.07, 6.45) is 1.09. The van der Waals surface area contributed by atoms with Crippen LogP contribution >= 0.6 is 0 Å². The van der Waals surface area contributed by atoms with Crippen molar-refractivity contribution in [1.82, 2.24) is 0 Å². The van der Waals surface area contributed by atoms with Crippen LogP contribution in [0.4, 0.5) is 0 Å². The molecule has 4 rings (SSSR count). The number of benzene rings is 3. The molecule has 0 N–H and O–H groups in total. The molecule has 174 valence electrons. The first-order valence-corrected chi connectivity index (χ1v) is 10.8. The van der Waals surface area contributed by atoms with Crippen LogP contribution in [-0.2, 0) is 17.6 Å². The zero-order chi connectivity index (χ0) is 24.1. The molecule has 3 aromatic carbocycles. The third kappa shape index (κ3) is 4.93. The summed E-state index contributed by atoms with van der Waals surface area (Å²) in [5.41, 5.74) is 2.70. The smallest absolute Gasteiger partial charge is 0.337 e. The quantitative estimate of drug-likeness (QED) is 0.284. The maximum absolute atomic E-state index is 13.2. The molecule has 0 spiro atoms. The van der Waals surface area contributed by atoms with E-state index in [1.165, 1.54) is 14.2 Å². The van der Waals surface area contributed by atoms with Gasteiger partial charge in [0.1, 0.15) is 19.0 Å². The first kappa shape index (κ1) is 23.0. The van der Waals surface area contributed by atoms with Gasteiger partial charge in [-0.25, -0.2) is 4.79 Å². The van der Waals surface area contributed by atoms with E-state index in [0.717, 1.165) is 5.56 Å². The summed E-state index contributed by atoms with van der Waals surface area (Å²) >= 11 is 0. The number of hydrogen-bond acceptors (Lipinski definition) is 7. The highest BCUT2D eigenvalue weighted by Gasteiger charge is 2.25. The molecule has 0 aliphatic carbocycles. The molecule has 7 nitrogen and oxygen atoms in total. The first-order valence-electron chi connectivity index (χ1n) is 10.8. The number of hydrogen-bond donors (Lipinski definition) is 0. The van der Waals surface area contributed by atoms with Crippen molar-refractivity contribution >= 4 is 17.5 Å². The van der Waals surface area contributed by atoms with E-state index in [9.17, 15) is 14.4 Å². The minimum Gasteiger partial charge on any atom is -0.497 e. The lowest BCUT2D eigenvalue weighted by atomic mass is 9.93. The normalized spacial score (nSPS) is 12.1. The van der Waals surface area contributed by atoms with Gasteiger partial charge in [0.25, 0.3) is 0 Å². The van der Waals surface area contributed by atoms with Gasteiger partial charge in [0.05, 0.1) is 19.8 Å². The molecule has 0 unspecified atom stereocenters. The fraction of sp³-hybridized carbons (Fsp3) is 0.222. The second-order valence-corrected chi connectivity index (χ2v) is 7.73. The van der Waals surface area contributed by atoms with Gasteiger partial charge in [-0.05, 0) is 72.5 Å². The lowest BCUT2D eigenvalue weighted by molar-refractivity contribution is 0.0600. The summed E-state index contributed by atoms with van der Waals surface area (Å²) in [4.78, 5) is 37.9. The van der Waals surface area contributed by atoms with Gasteiger partial charge >= 0.3 is 5.97 Å². The SMILES string of the molecule is COC(=O)c1ccc(CCc2cc3c(cc2C(=O)C(=O)c2ccc(OC)cc2)OCCO3)cc1. The molecule has 0 aromatic heterocycles. The van der Waals surface area contributed by atoms with Crippen molar-refractivity contribution in [3.63, 3.8) is 0 Å². The van der Waals surface area contributed by atoms with Crippen molar-refractivity contribution in [2.45, 2.75) is 12.8 Å². The Morgan fingerprint density at radius 2 is 1.38 bits per heavy atom. The molecule has 0 radical (unpaired) electrons. The molecular weight excluding hydrogens is 436 g/mol. The molecule has 1 aliphatic heterocycles. The van der Waals surface area contributed by atoms with E-state index in [-0.39, 0.29) is 11.1 Å². The predicted octanol–water partition coefficient (Wildman–Crippen LogP) is 4.10. The van der Waals surface area contributed by atoms with E-state index in [1.54, 1.807) is 48.5 Å². The van der Waals surface area contributed by atoms with Crippen LogP contribution in [0.15, 0.2) is 60.7 Å². The number of aryl methyl sites for hydroxylation is 2. The number of carbonyl (C=O) groups is 3. The largest absolute Gasteiger partial charge is 0.497 e. The highest BCUT2D eigenvalue weighted by atomic mass is 16.6. The Morgan fingerprint density at radius 1 is 0.765 bits per heavy atom. The Hall–Kier alpha value is -4.13. The van der Waals surface area contributed by atoms with Crippen LogP contribution < -0.4 is 14.2 Å². The fourth-order valence-electron chi connectivity index (χ4n) is 3.75. The van der Waals surface area contributed by atoms with Gasteiger partial charge in [-0.15, -0.1) is 0 Å². The summed E-state index contributed by atoms with van der Waals surface area (Å²) < 4.78 is 21.2. The molecule has 7 heteroatoms. The zero-order valence-electron chi connectivity index (χ0n) is 19.0. The van der Waals surface area contributed by atoms with Gasteiger partial charge in [0.2, 0.25) is 11.6 Å². The van der Waals surface area contributed by atoms with Gasteiger partial charge in [0, 0.05) is 11.1 Å². The lowest BCUT2D eigenvalue weighted by Crippen LogP contribution is -2.20. The third-order valence-corrected chi connectivity index (χ3v) is 5.63. The average molecular weight is 460 g/mol. The highest BCUT2D eigenvalue weighted by Crippen LogP contribution is 2.34. The minimum absolute atomic E-state index is 0.282. The molecule has 34 heavy (non-hydrogen) atoms. The summed E-state index contributed by atoms with van der Waals surface area (Å²) in [5.74, 6) is -0.0224. The standard InChI is InChI=1S/C27H24O7/c1-31-21-11-9-18(10-12-21)25(28)26(29)22-16-24-23(33-13-14-34-24)15-20(22)8-5-17-3-6-19(7-4-17)27(30)32-2/h3-4,6-7,9-12,15-16H,5,8,13-14H2,1-2H3. The summed E-state index contributed by atoms with van der Waals surface area (Å²) in [6, 6.07) is 16.9. The lowest BCUT2D eigenvalue weighted by Gasteiger charge is -2.21. The molecule has 0 saturated carbocycles. The van der Waals surface area contributed by atoms with Gasteiger partial charge in [-0.3, -0.25) is 9.59 Å². The van der Waals surface area contributed by atoms with Crippen molar-refractivity contribution in [2.75, 3.05) is 27.4 Å². The third-order valence-electron chi connectivity index (χ3n) is 5.63. The number of methoxy groups -OCH3 is 2. The molecule has 0 bridgehead atoms. The molecule has 0 fully saturated rings. The number of esters is 1. The number of ether oxygens (including phenoxy) is 4. The van der Waals surface area contributed by atoms with Gasteiger partial charge in [-0.1, -0.05) is 12.1 Å².